The Labute approximate surface area is 122 Å². The van der Waals surface area contributed by atoms with Crippen molar-refractivity contribution in [1.29, 1.82) is 0 Å². The number of benzene rings is 1. The number of ether oxygens (including phenoxy) is 2. The van der Waals surface area contributed by atoms with Gasteiger partial charge in [-0.05, 0) is 12.5 Å². The monoisotopic (exact) mass is 291 g/mol. The summed E-state index contributed by atoms with van der Waals surface area (Å²) in [5.41, 5.74) is 1.32. The molecule has 21 heavy (non-hydrogen) atoms. The highest BCUT2D eigenvalue weighted by Gasteiger charge is 2.33. The van der Waals surface area contributed by atoms with Gasteiger partial charge in [0.05, 0.1) is 24.7 Å². The molecule has 0 aliphatic carbocycles. The normalized spacial score (nSPS) is 24.4. The number of carboxylic acid groups (broad SMARTS) is 1. The largest absolute Gasteiger partial charge is 0.489 e. The number of hydrogen-bond acceptors (Lipinski definition) is 5. The smallest absolute Gasteiger partial charge is 0.307 e. The predicted octanol–water partition coefficient (Wildman–Crippen LogP) is 1.40. The van der Waals surface area contributed by atoms with Crippen LogP contribution in [-0.2, 0) is 4.79 Å². The van der Waals surface area contributed by atoms with Gasteiger partial charge >= 0.3 is 5.97 Å². The lowest BCUT2D eigenvalue weighted by atomic mass is 9.97. The molecular weight excluding hydrogens is 274 g/mol. The Bertz CT molecular complexity index is 571. The molecule has 1 saturated heterocycles. The van der Waals surface area contributed by atoms with Crippen LogP contribution >= 0.6 is 0 Å². The van der Waals surface area contributed by atoms with E-state index in [2.05, 4.69) is 5.32 Å². The molecule has 3 rings (SSSR count). The molecule has 2 atom stereocenters. The molecule has 0 bridgehead atoms. The van der Waals surface area contributed by atoms with Gasteiger partial charge in [-0.3, -0.25) is 9.59 Å². The zero-order valence-corrected chi connectivity index (χ0v) is 11.5. The van der Waals surface area contributed by atoms with Gasteiger partial charge in [-0.1, -0.05) is 6.07 Å². The van der Waals surface area contributed by atoms with E-state index in [1.54, 1.807) is 6.07 Å². The van der Waals surface area contributed by atoms with Crippen LogP contribution in [0, 0.1) is 5.92 Å². The van der Waals surface area contributed by atoms with E-state index < -0.39 is 11.9 Å². The maximum absolute atomic E-state index is 11.1. The summed E-state index contributed by atoms with van der Waals surface area (Å²) < 4.78 is 11.4. The van der Waals surface area contributed by atoms with Crippen molar-refractivity contribution in [3.63, 3.8) is 0 Å². The number of rotatable bonds is 3. The maximum atomic E-state index is 11.1. The van der Waals surface area contributed by atoms with E-state index >= 15 is 0 Å². The van der Waals surface area contributed by atoms with Crippen LogP contribution in [-0.4, -0.2) is 37.1 Å². The molecule has 6 nitrogen and oxygen atoms in total. The zero-order chi connectivity index (χ0) is 14.8. The molecule has 6 heteroatoms. The van der Waals surface area contributed by atoms with Crippen LogP contribution in [0.2, 0.25) is 0 Å². The lowest BCUT2D eigenvalue weighted by Gasteiger charge is -2.18. The van der Waals surface area contributed by atoms with E-state index in [0.29, 0.717) is 43.2 Å². The van der Waals surface area contributed by atoms with Crippen molar-refractivity contribution in [2.75, 3.05) is 19.8 Å². The Morgan fingerprint density at radius 3 is 2.71 bits per heavy atom. The molecule has 112 valence electrons. The van der Waals surface area contributed by atoms with Gasteiger partial charge in [0.25, 0.3) is 0 Å². The highest BCUT2D eigenvalue weighted by atomic mass is 16.5. The molecule has 2 unspecified atom stereocenters. The van der Waals surface area contributed by atoms with Crippen LogP contribution < -0.4 is 14.8 Å². The molecule has 0 aromatic heterocycles. The first kappa shape index (κ1) is 13.9. The van der Waals surface area contributed by atoms with Crippen LogP contribution in [0.3, 0.4) is 0 Å². The van der Waals surface area contributed by atoms with E-state index in [4.69, 9.17) is 14.6 Å². The number of carbonyl (C=O) groups excluding carboxylic acids is 1. The Balaban J connectivity index is 1.96. The summed E-state index contributed by atoms with van der Waals surface area (Å²) in [6.07, 6.45) is 2.01. The lowest BCUT2D eigenvalue weighted by Crippen LogP contribution is -2.17. The number of aldehydes is 1. The lowest BCUT2D eigenvalue weighted by molar-refractivity contribution is -0.141. The first-order valence-electron chi connectivity index (χ1n) is 7.04. The van der Waals surface area contributed by atoms with Gasteiger partial charge in [-0.2, -0.15) is 0 Å². The van der Waals surface area contributed by atoms with Crippen molar-refractivity contribution in [3.05, 3.63) is 23.3 Å². The third kappa shape index (κ3) is 2.58. The van der Waals surface area contributed by atoms with E-state index in [9.17, 15) is 9.59 Å². The molecule has 2 aliphatic heterocycles. The van der Waals surface area contributed by atoms with Crippen LogP contribution in [0.1, 0.15) is 34.8 Å². The molecule has 0 radical (unpaired) electrons. The van der Waals surface area contributed by atoms with Crippen LogP contribution in [0.4, 0.5) is 0 Å². The quantitative estimate of drug-likeness (QED) is 0.819. The van der Waals surface area contributed by atoms with Gasteiger partial charge in [0, 0.05) is 24.6 Å². The van der Waals surface area contributed by atoms with Crippen molar-refractivity contribution in [1.82, 2.24) is 5.32 Å². The van der Waals surface area contributed by atoms with Gasteiger partial charge in [-0.25, -0.2) is 0 Å². The molecule has 0 saturated carbocycles. The second kappa shape index (κ2) is 5.73. The summed E-state index contributed by atoms with van der Waals surface area (Å²) in [4.78, 5) is 22.2. The van der Waals surface area contributed by atoms with Crippen molar-refractivity contribution in [2.24, 2.45) is 5.92 Å². The summed E-state index contributed by atoms with van der Waals surface area (Å²) in [6, 6.07) is 3.42. The average molecular weight is 291 g/mol. The van der Waals surface area contributed by atoms with E-state index in [1.807, 2.05) is 6.07 Å². The van der Waals surface area contributed by atoms with Gasteiger partial charge in [-0.15, -0.1) is 0 Å². The van der Waals surface area contributed by atoms with E-state index in [1.165, 1.54) is 0 Å². The molecule has 0 amide bonds. The fraction of sp³-hybridized carbons (Fsp3) is 0.467. The Kier molecular flexibility index (Phi) is 3.79. The van der Waals surface area contributed by atoms with Gasteiger partial charge < -0.3 is 19.9 Å². The average Bonchev–Trinajstić information content (AvgIpc) is 2.84. The first-order chi connectivity index (χ1) is 10.2. The Morgan fingerprint density at radius 2 is 2.05 bits per heavy atom. The summed E-state index contributed by atoms with van der Waals surface area (Å²) in [6.45, 7) is 1.47. The summed E-state index contributed by atoms with van der Waals surface area (Å²) >= 11 is 0. The third-order valence-corrected chi connectivity index (χ3v) is 3.94. The Hall–Kier alpha value is -2.08. The minimum Gasteiger partial charge on any atom is -0.489 e. The molecule has 2 N–H and O–H groups in total. The predicted molar refractivity (Wildman–Crippen MR) is 73.9 cm³/mol. The topological polar surface area (TPSA) is 84.9 Å². The minimum absolute atomic E-state index is 0.0951. The number of carbonyl (C=O) groups is 2. The molecule has 1 aromatic rings. The number of aliphatic carboxylic acids is 1. The molecule has 1 fully saturated rings. The number of nitrogens with one attached hydrogen (secondary N) is 1. The molecule has 0 spiro atoms. The standard InChI is InChI=1S/C15H17NO5/c17-8-9-2-3-11(12-6-10(7-16-12)15(18)19)14-13(9)20-4-1-5-21-14/h2-3,8,10,12,16H,1,4-7H2,(H,18,19). The maximum Gasteiger partial charge on any atom is 0.307 e. The fourth-order valence-electron chi connectivity index (χ4n) is 2.83. The van der Waals surface area contributed by atoms with Crippen LogP contribution in [0.15, 0.2) is 12.1 Å². The second-order valence-corrected chi connectivity index (χ2v) is 5.30. The van der Waals surface area contributed by atoms with Gasteiger partial charge in [0.15, 0.2) is 17.8 Å². The van der Waals surface area contributed by atoms with Crippen LogP contribution in [0.25, 0.3) is 0 Å². The Morgan fingerprint density at radius 1 is 1.29 bits per heavy atom. The van der Waals surface area contributed by atoms with Crippen molar-refractivity contribution in [3.8, 4) is 11.5 Å². The van der Waals surface area contributed by atoms with E-state index in [0.717, 1.165) is 18.3 Å². The summed E-state index contributed by atoms with van der Waals surface area (Å²) in [5, 5.41) is 12.3. The highest BCUT2D eigenvalue weighted by molar-refractivity contribution is 5.82. The summed E-state index contributed by atoms with van der Waals surface area (Å²) in [7, 11) is 0. The minimum atomic E-state index is -0.794. The van der Waals surface area contributed by atoms with Crippen LogP contribution in [0.5, 0.6) is 11.5 Å². The second-order valence-electron chi connectivity index (χ2n) is 5.30. The molecular formula is C15H17NO5. The number of carboxylic acids is 1. The van der Waals surface area contributed by atoms with Gasteiger partial charge in [0.2, 0.25) is 0 Å². The molecule has 2 heterocycles. The van der Waals surface area contributed by atoms with Gasteiger partial charge in [0.1, 0.15) is 0 Å². The first-order valence-corrected chi connectivity index (χ1v) is 7.04. The third-order valence-electron chi connectivity index (χ3n) is 3.94. The fourth-order valence-corrected chi connectivity index (χ4v) is 2.83. The van der Waals surface area contributed by atoms with Crippen molar-refractivity contribution in [2.45, 2.75) is 18.9 Å². The van der Waals surface area contributed by atoms with Crippen molar-refractivity contribution >= 4 is 12.3 Å². The zero-order valence-electron chi connectivity index (χ0n) is 11.5. The van der Waals surface area contributed by atoms with E-state index in [-0.39, 0.29) is 6.04 Å². The van der Waals surface area contributed by atoms with Crippen molar-refractivity contribution < 1.29 is 24.2 Å². The molecule has 2 aliphatic rings. The SMILES string of the molecule is O=Cc1ccc(C2CC(C(=O)O)CN2)c2c1OCCCO2. The summed E-state index contributed by atoms with van der Waals surface area (Å²) in [5.74, 6) is -0.151. The highest BCUT2D eigenvalue weighted by Crippen LogP contribution is 2.41. The number of hydrogen-bond donors (Lipinski definition) is 2. The molecule has 1 aromatic carbocycles. The number of fused-ring (bicyclic) bond motifs is 1.